The van der Waals surface area contributed by atoms with Gasteiger partial charge in [0.1, 0.15) is 5.69 Å². The van der Waals surface area contributed by atoms with E-state index in [1.807, 2.05) is 0 Å². The fourth-order valence-electron chi connectivity index (χ4n) is 1.22. The van der Waals surface area contributed by atoms with Crippen molar-refractivity contribution in [3.05, 3.63) is 29.6 Å². The van der Waals surface area contributed by atoms with Gasteiger partial charge in [0.05, 0.1) is 6.42 Å². The number of amides is 2. The Bertz CT molecular complexity index is 474. The van der Waals surface area contributed by atoms with Gasteiger partial charge >= 0.3 is 18.2 Å². The van der Waals surface area contributed by atoms with E-state index in [1.54, 1.807) is 0 Å². The lowest BCUT2D eigenvalue weighted by Gasteiger charge is -2.09. The van der Waals surface area contributed by atoms with Crippen molar-refractivity contribution in [2.75, 3.05) is 6.54 Å². The number of carboxylic acids is 1. The Hall–Kier alpha value is -2.32. The Balaban J connectivity index is 2.32. The quantitative estimate of drug-likeness (QED) is 0.767. The molecule has 0 saturated heterocycles. The lowest BCUT2D eigenvalue weighted by Crippen LogP contribution is -2.36. The summed E-state index contributed by atoms with van der Waals surface area (Å²) in [5, 5.41) is 13.0. The predicted molar refractivity (Wildman–Crippen MR) is 62.1 cm³/mol. The average Bonchev–Trinajstić information content (AvgIpc) is 2.35. The number of hydrogen-bond acceptors (Lipinski definition) is 3. The second kappa shape index (κ2) is 6.73. The normalized spacial score (nSPS) is 10.9. The smallest absolute Gasteiger partial charge is 0.390 e. The van der Waals surface area contributed by atoms with Gasteiger partial charge in [0.2, 0.25) is 0 Å². The number of pyridine rings is 1. The van der Waals surface area contributed by atoms with Crippen LogP contribution in [0.15, 0.2) is 18.3 Å². The van der Waals surface area contributed by atoms with Gasteiger partial charge in [0, 0.05) is 19.3 Å². The Kier molecular flexibility index (Phi) is 5.30. The van der Waals surface area contributed by atoms with Gasteiger partial charge in [-0.25, -0.2) is 14.6 Å². The van der Waals surface area contributed by atoms with E-state index in [2.05, 4.69) is 15.6 Å². The first-order valence-electron chi connectivity index (χ1n) is 5.54. The van der Waals surface area contributed by atoms with Crippen LogP contribution < -0.4 is 10.6 Å². The maximum atomic E-state index is 11.8. The van der Waals surface area contributed by atoms with E-state index >= 15 is 0 Å². The molecule has 110 valence electrons. The molecule has 0 aliphatic rings. The number of aromatic nitrogens is 1. The highest BCUT2D eigenvalue weighted by Crippen LogP contribution is 2.17. The van der Waals surface area contributed by atoms with E-state index in [9.17, 15) is 22.8 Å². The number of aromatic carboxylic acids is 1. The van der Waals surface area contributed by atoms with Crippen LogP contribution in [0.3, 0.4) is 0 Å². The molecule has 1 rings (SSSR count). The van der Waals surface area contributed by atoms with E-state index in [0.29, 0.717) is 5.56 Å². The number of carbonyl (C=O) groups is 2. The summed E-state index contributed by atoms with van der Waals surface area (Å²) in [5.41, 5.74) is 0.393. The third-order valence-electron chi connectivity index (χ3n) is 2.19. The number of carboxylic acid groups (broad SMARTS) is 1. The minimum Gasteiger partial charge on any atom is -0.477 e. The van der Waals surface area contributed by atoms with Crippen LogP contribution in [0.2, 0.25) is 0 Å². The van der Waals surface area contributed by atoms with Crippen molar-refractivity contribution in [3.8, 4) is 0 Å². The third kappa shape index (κ3) is 6.03. The monoisotopic (exact) mass is 291 g/mol. The largest absolute Gasteiger partial charge is 0.477 e. The molecule has 0 aliphatic heterocycles. The first kappa shape index (κ1) is 15.7. The van der Waals surface area contributed by atoms with Crippen molar-refractivity contribution in [1.29, 1.82) is 0 Å². The lowest BCUT2D eigenvalue weighted by molar-refractivity contribution is -0.132. The first-order chi connectivity index (χ1) is 9.28. The molecule has 3 N–H and O–H groups in total. The highest BCUT2D eigenvalue weighted by atomic mass is 19.4. The molecule has 0 bridgehead atoms. The van der Waals surface area contributed by atoms with Gasteiger partial charge in [-0.1, -0.05) is 6.07 Å². The van der Waals surface area contributed by atoms with Gasteiger partial charge < -0.3 is 15.7 Å². The fourth-order valence-corrected chi connectivity index (χ4v) is 1.22. The summed E-state index contributed by atoms with van der Waals surface area (Å²) in [6, 6.07) is 1.98. The molecular weight excluding hydrogens is 279 g/mol. The summed E-state index contributed by atoms with van der Waals surface area (Å²) in [7, 11) is 0. The van der Waals surface area contributed by atoms with Crippen molar-refractivity contribution in [2.24, 2.45) is 0 Å². The summed E-state index contributed by atoms with van der Waals surface area (Å²) >= 11 is 0. The molecule has 0 fully saturated rings. The third-order valence-corrected chi connectivity index (χ3v) is 2.19. The Morgan fingerprint density at radius 1 is 1.25 bits per heavy atom. The number of rotatable bonds is 5. The van der Waals surface area contributed by atoms with Crippen LogP contribution in [-0.2, 0) is 6.54 Å². The molecule has 2 amide bonds. The van der Waals surface area contributed by atoms with E-state index in [4.69, 9.17) is 5.11 Å². The van der Waals surface area contributed by atoms with Gasteiger partial charge in [-0.3, -0.25) is 0 Å². The summed E-state index contributed by atoms with van der Waals surface area (Å²) in [6.45, 7) is -0.476. The predicted octanol–water partition coefficient (Wildman–Crippen LogP) is 1.53. The van der Waals surface area contributed by atoms with Crippen LogP contribution in [0.4, 0.5) is 18.0 Å². The number of halogens is 3. The molecule has 0 spiro atoms. The molecule has 0 atom stereocenters. The van der Waals surface area contributed by atoms with Crippen molar-refractivity contribution in [2.45, 2.75) is 19.1 Å². The second-order valence-electron chi connectivity index (χ2n) is 3.83. The molecule has 9 heteroatoms. The number of nitrogens with one attached hydrogen (secondary N) is 2. The lowest BCUT2D eigenvalue weighted by atomic mass is 10.2. The van der Waals surface area contributed by atoms with Gasteiger partial charge in [0.25, 0.3) is 0 Å². The molecule has 1 aromatic rings. The molecule has 20 heavy (non-hydrogen) atoms. The summed E-state index contributed by atoms with van der Waals surface area (Å²) in [6.07, 6.45) is -4.15. The number of nitrogens with zero attached hydrogens (tertiary/aromatic N) is 1. The standard InChI is InChI=1S/C11H12F3N3O3/c12-11(13,14)3-4-15-10(20)17-6-7-1-2-8(9(18)19)16-5-7/h1-2,5H,3-4,6H2,(H,18,19)(H2,15,17,20). The SMILES string of the molecule is O=C(NCCC(F)(F)F)NCc1ccc(C(=O)O)nc1. The summed E-state index contributed by atoms with van der Waals surface area (Å²) < 4.78 is 35.5. The minimum atomic E-state index is -4.32. The van der Waals surface area contributed by atoms with Crippen molar-refractivity contribution < 1.29 is 27.9 Å². The van der Waals surface area contributed by atoms with E-state index < -0.39 is 31.1 Å². The molecular formula is C11H12F3N3O3. The molecule has 0 unspecified atom stereocenters. The molecule has 0 aromatic carbocycles. The molecule has 1 heterocycles. The molecule has 6 nitrogen and oxygen atoms in total. The highest BCUT2D eigenvalue weighted by Gasteiger charge is 2.26. The molecule has 1 aromatic heterocycles. The minimum absolute atomic E-state index is 0.0325. The Morgan fingerprint density at radius 3 is 2.45 bits per heavy atom. The van der Waals surface area contributed by atoms with Crippen LogP contribution in [0.1, 0.15) is 22.5 Å². The average molecular weight is 291 g/mol. The highest BCUT2D eigenvalue weighted by molar-refractivity contribution is 5.85. The van der Waals surface area contributed by atoms with Gasteiger partial charge in [-0.15, -0.1) is 0 Å². The fraction of sp³-hybridized carbons (Fsp3) is 0.364. The van der Waals surface area contributed by atoms with E-state index in [1.165, 1.54) is 18.3 Å². The zero-order valence-electron chi connectivity index (χ0n) is 10.2. The van der Waals surface area contributed by atoms with E-state index in [0.717, 1.165) is 0 Å². The maximum Gasteiger partial charge on any atom is 0.390 e. The van der Waals surface area contributed by atoms with Crippen LogP contribution in [0, 0.1) is 0 Å². The van der Waals surface area contributed by atoms with Gasteiger partial charge in [0.15, 0.2) is 0 Å². The van der Waals surface area contributed by atoms with Crippen LogP contribution in [-0.4, -0.2) is 34.8 Å². The molecule has 0 saturated carbocycles. The van der Waals surface area contributed by atoms with Crippen molar-refractivity contribution >= 4 is 12.0 Å². The summed E-state index contributed by atoms with van der Waals surface area (Å²) in [4.78, 5) is 25.3. The number of alkyl halides is 3. The molecule has 0 radical (unpaired) electrons. The number of carbonyl (C=O) groups excluding carboxylic acids is 1. The van der Waals surface area contributed by atoms with Crippen molar-refractivity contribution in [3.63, 3.8) is 0 Å². The second-order valence-corrected chi connectivity index (χ2v) is 3.83. The van der Waals surface area contributed by atoms with Crippen LogP contribution >= 0.6 is 0 Å². The zero-order valence-corrected chi connectivity index (χ0v) is 10.2. The maximum absolute atomic E-state index is 11.8. The Morgan fingerprint density at radius 2 is 1.95 bits per heavy atom. The number of hydrogen-bond donors (Lipinski definition) is 3. The number of urea groups is 1. The van der Waals surface area contributed by atoms with Crippen LogP contribution in [0.25, 0.3) is 0 Å². The van der Waals surface area contributed by atoms with Gasteiger partial charge in [-0.2, -0.15) is 13.2 Å². The van der Waals surface area contributed by atoms with Crippen LogP contribution in [0.5, 0.6) is 0 Å². The van der Waals surface area contributed by atoms with E-state index in [-0.39, 0.29) is 12.2 Å². The zero-order chi connectivity index (χ0) is 15.2. The topological polar surface area (TPSA) is 91.3 Å². The van der Waals surface area contributed by atoms with Gasteiger partial charge in [-0.05, 0) is 11.6 Å². The van der Waals surface area contributed by atoms with Crippen molar-refractivity contribution in [1.82, 2.24) is 15.6 Å². The first-order valence-corrected chi connectivity index (χ1v) is 5.54. The Labute approximate surface area is 112 Å². The summed E-state index contributed by atoms with van der Waals surface area (Å²) in [5.74, 6) is -1.17. The molecule has 0 aliphatic carbocycles.